The molecule has 32 heavy (non-hydrogen) atoms. The normalized spacial score (nSPS) is 11.0. The molecule has 0 atom stereocenters. The van der Waals surface area contributed by atoms with Crippen LogP contribution in [0.1, 0.15) is 15.2 Å². The van der Waals surface area contributed by atoms with Gasteiger partial charge in [-0.05, 0) is 47.3 Å². The van der Waals surface area contributed by atoms with Gasteiger partial charge >= 0.3 is 0 Å². The zero-order valence-electron chi connectivity index (χ0n) is 16.9. The number of benzene rings is 2. The molecule has 8 nitrogen and oxygen atoms in total. The van der Waals surface area contributed by atoms with Gasteiger partial charge in [0.2, 0.25) is 12.2 Å². The number of aliphatic imine (C=N–C) groups is 1. The summed E-state index contributed by atoms with van der Waals surface area (Å²) >= 11 is 1.36. The lowest BCUT2D eigenvalue weighted by Gasteiger charge is -2.11. The zero-order chi connectivity index (χ0) is 22.3. The average Bonchev–Trinajstić information content (AvgIpc) is 3.27. The van der Waals surface area contributed by atoms with Crippen molar-refractivity contribution >= 4 is 51.2 Å². The van der Waals surface area contributed by atoms with Crippen LogP contribution in [-0.2, 0) is 6.54 Å². The van der Waals surface area contributed by atoms with E-state index in [4.69, 9.17) is 11.0 Å². The number of nitriles is 1. The van der Waals surface area contributed by atoms with Crippen LogP contribution in [0.15, 0.2) is 77.2 Å². The first-order chi connectivity index (χ1) is 15.6. The van der Waals surface area contributed by atoms with E-state index in [1.165, 1.54) is 11.3 Å². The maximum absolute atomic E-state index is 12.9. The molecule has 1 amide bonds. The topological polar surface area (TPSA) is 128 Å². The summed E-state index contributed by atoms with van der Waals surface area (Å²) in [6.45, 7) is 0.566. The molecular formula is C23H19N7OS. The lowest BCUT2D eigenvalue weighted by molar-refractivity contribution is 0.103. The van der Waals surface area contributed by atoms with Crippen LogP contribution in [0, 0.1) is 11.5 Å². The summed E-state index contributed by atoms with van der Waals surface area (Å²) in [6, 6.07) is 18.8. The van der Waals surface area contributed by atoms with Gasteiger partial charge in [0.1, 0.15) is 4.88 Å². The molecule has 0 aliphatic heterocycles. The minimum atomic E-state index is -0.224. The van der Waals surface area contributed by atoms with Crippen molar-refractivity contribution in [3.8, 4) is 6.19 Å². The SMILES string of the molecule is N#C/N=C(\N)Nc1cccc(NC(=O)c2sccc2NCc2ccnc3ccccc23)c1. The molecule has 4 aromatic rings. The third-order valence-corrected chi connectivity index (χ3v) is 5.56. The Morgan fingerprint density at radius 1 is 1.09 bits per heavy atom. The predicted molar refractivity (Wildman–Crippen MR) is 129 cm³/mol. The van der Waals surface area contributed by atoms with Crippen LogP contribution in [0.25, 0.3) is 10.9 Å². The fourth-order valence-corrected chi connectivity index (χ4v) is 3.98. The first kappa shape index (κ1) is 20.8. The molecule has 0 radical (unpaired) electrons. The van der Waals surface area contributed by atoms with Crippen molar-refractivity contribution in [3.63, 3.8) is 0 Å². The fraction of sp³-hybridized carbons (Fsp3) is 0.0435. The molecule has 0 bridgehead atoms. The van der Waals surface area contributed by atoms with Crippen LogP contribution in [0.4, 0.5) is 17.1 Å². The Balaban J connectivity index is 1.46. The average molecular weight is 442 g/mol. The first-order valence-electron chi connectivity index (χ1n) is 9.69. The molecule has 9 heteroatoms. The molecule has 158 valence electrons. The summed E-state index contributed by atoms with van der Waals surface area (Å²) in [5.41, 5.74) is 9.58. The van der Waals surface area contributed by atoms with Crippen molar-refractivity contribution in [1.29, 1.82) is 5.26 Å². The molecule has 0 aliphatic rings. The second-order valence-electron chi connectivity index (χ2n) is 6.76. The number of thiophene rings is 1. The highest BCUT2D eigenvalue weighted by molar-refractivity contribution is 7.12. The molecule has 4 rings (SSSR count). The summed E-state index contributed by atoms with van der Waals surface area (Å²) < 4.78 is 0. The number of aromatic nitrogens is 1. The number of guanidine groups is 1. The summed E-state index contributed by atoms with van der Waals surface area (Å²) in [5.74, 6) is -0.248. The van der Waals surface area contributed by atoms with Gasteiger partial charge in [0.05, 0.1) is 11.2 Å². The number of carbonyl (C=O) groups is 1. The van der Waals surface area contributed by atoms with Crippen LogP contribution in [-0.4, -0.2) is 16.9 Å². The van der Waals surface area contributed by atoms with E-state index in [0.717, 1.165) is 22.2 Å². The lowest BCUT2D eigenvalue weighted by Crippen LogP contribution is -2.22. The highest BCUT2D eigenvalue weighted by Crippen LogP contribution is 2.26. The van der Waals surface area contributed by atoms with Gasteiger partial charge in [-0.3, -0.25) is 9.78 Å². The number of hydrogen-bond acceptors (Lipinski definition) is 6. The molecule has 0 unspecified atom stereocenters. The van der Waals surface area contributed by atoms with Crippen LogP contribution < -0.4 is 21.7 Å². The van der Waals surface area contributed by atoms with E-state index in [0.29, 0.717) is 22.8 Å². The molecule has 0 fully saturated rings. The second kappa shape index (κ2) is 9.59. The Labute approximate surface area is 188 Å². The Bertz CT molecular complexity index is 1330. The number of nitrogens with zero attached hydrogens (tertiary/aromatic N) is 3. The molecule has 0 saturated carbocycles. The van der Waals surface area contributed by atoms with E-state index in [9.17, 15) is 4.79 Å². The lowest BCUT2D eigenvalue weighted by atomic mass is 10.1. The third kappa shape index (κ3) is 4.83. The molecule has 0 aliphatic carbocycles. The van der Waals surface area contributed by atoms with Gasteiger partial charge in [-0.25, -0.2) is 0 Å². The maximum atomic E-state index is 12.9. The van der Waals surface area contributed by atoms with Gasteiger partial charge in [0, 0.05) is 29.5 Å². The van der Waals surface area contributed by atoms with E-state index in [2.05, 4.69) is 25.9 Å². The van der Waals surface area contributed by atoms with Gasteiger partial charge in [0.15, 0.2) is 0 Å². The van der Waals surface area contributed by atoms with E-state index >= 15 is 0 Å². The van der Waals surface area contributed by atoms with Gasteiger partial charge in [0.25, 0.3) is 5.91 Å². The second-order valence-corrected chi connectivity index (χ2v) is 7.68. The number of pyridine rings is 1. The fourth-order valence-electron chi connectivity index (χ4n) is 3.22. The summed E-state index contributed by atoms with van der Waals surface area (Å²) in [5, 5.41) is 20.6. The first-order valence-corrected chi connectivity index (χ1v) is 10.6. The molecule has 0 saturated heterocycles. The smallest absolute Gasteiger partial charge is 0.267 e. The molecule has 2 heterocycles. The minimum Gasteiger partial charge on any atom is -0.380 e. The number of anilines is 3. The van der Waals surface area contributed by atoms with E-state index in [-0.39, 0.29) is 11.9 Å². The van der Waals surface area contributed by atoms with E-state index < -0.39 is 0 Å². The van der Waals surface area contributed by atoms with Crippen molar-refractivity contribution in [2.24, 2.45) is 10.7 Å². The molecule has 2 aromatic carbocycles. The number of amides is 1. The Kier molecular flexibility index (Phi) is 6.25. The number of hydrogen-bond donors (Lipinski definition) is 4. The number of para-hydroxylation sites is 1. The van der Waals surface area contributed by atoms with Gasteiger partial charge in [-0.1, -0.05) is 24.3 Å². The summed E-state index contributed by atoms with van der Waals surface area (Å²) in [4.78, 5) is 21.3. The van der Waals surface area contributed by atoms with Crippen molar-refractivity contribution < 1.29 is 4.79 Å². The summed E-state index contributed by atoms with van der Waals surface area (Å²) in [6.07, 6.45) is 3.40. The van der Waals surface area contributed by atoms with Crippen LogP contribution >= 0.6 is 11.3 Å². The quantitative estimate of drug-likeness (QED) is 0.200. The highest BCUT2D eigenvalue weighted by atomic mass is 32.1. The Hall–Kier alpha value is -4.42. The Morgan fingerprint density at radius 2 is 1.91 bits per heavy atom. The standard InChI is InChI=1S/C23H19N7OS/c24-14-28-23(25)30-17-5-3-4-16(12-17)29-22(31)21-20(9-11-32-21)27-13-15-8-10-26-19-7-2-1-6-18(15)19/h1-12,27H,13H2,(H,29,31)(H3,25,28,30). The van der Waals surface area contributed by atoms with Gasteiger partial charge in [-0.2, -0.15) is 5.26 Å². The molecule has 5 N–H and O–H groups in total. The van der Waals surface area contributed by atoms with Crippen molar-refractivity contribution in [2.75, 3.05) is 16.0 Å². The number of nitrogens with two attached hydrogens (primary N) is 1. The number of nitrogens with one attached hydrogen (secondary N) is 3. The summed E-state index contributed by atoms with van der Waals surface area (Å²) in [7, 11) is 0. The zero-order valence-corrected chi connectivity index (χ0v) is 17.7. The third-order valence-electron chi connectivity index (χ3n) is 4.64. The Morgan fingerprint density at radius 3 is 2.75 bits per heavy atom. The van der Waals surface area contributed by atoms with Crippen LogP contribution in [0.5, 0.6) is 0 Å². The van der Waals surface area contributed by atoms with Crippen molar-refractivity contribution in [1.82, 2.24) is 4.98 Å². The predicted octanol–water partition coefficient (Wildman–Crippen LogP) is 4.37. The van der Waals surface area contributed by atoms with Crippen molar-refractivity contribution in [2.45, 2.75) is 6.54 Å². The van der Waals surface area contributed by atoms with Gasteiger partial charge in [-0.15, -0.1) is 16.3 Å². The van der Waals surface area contributed by atoms with E-state index in [1.54, 1.807) is 36.7 Å². The number of fused-ring (bicyclic) bond motifs is 1. The van der Waals surface area contributed by atoms with Crippen molar-refractivity contribution in [3.05, 3.63) is 82.7 Å². The van der Waals surface area contributed by atoms with Gasteiger partial charge < -0.3 is 21.7 Å². The molecular weight excluding hydrogens is 422 g/mol. The molecule has 0 spiro atoms. The number of carbonyl (C=O) groups excluding carboxylic acids is 1. The maximum Gasteiger partial charge on any atom is 0.267 e. The highest BCUT2D eigenvalue weighted by Gasteiger charge is 2.14. The van der Waals surface area contributed by atoms with E-state index in [1.807, 2.05) is 41.8 Å². The monoisotopic (exact) mass is 441 g/mol. The minimum absolute atomic E-state index is 0.0237. The molecule has 2 aromatic heterocycles. The number of rotatable bonds is 6. The van der Waals surface area contributed by atoms with Crippen LogP contribution in [0.2, 0.25) is 0 Å². The van der Waals surface area contributed by atoms with Crippen LogP contribution in [0.3, 0.4) is 0 Å². The largest absolute Gasteiger partial charge is 0.380 e.